The summed E-state index contributed by atoms with van der Waals surface area (Å²) in [6.07, 6.45) is 3.39. The van der Waals surface area contributed by atoms with Gasteiger partial charge in [-0.1, -0.05) is 26.3 Å². The number of carboxylic acids is 1. The topological polar surface area (TPSA) is 108 Å². The summed E-state index contributed by atoms with van der Waals surface area (Å²) in [6.45, 7) is 8.52. The Balaban J connectivity index is 1.44. The second-order valence-electron chi connectivity index (χ2n) is 12.4. The Bertz CT molecular complexity index is 1230. The van der Waals surface area contributed by atoms with Crippen molar-refractivity contribution in [2.24, 2.45) is 11.3 Å². The van der Waals surface area contributed by atoms with Crippen molar-refractivity contribution in [3.05, 3.63) is 59.9 Å². The maximum absolute atomic E-state index is 13.8. The van der Waals surface area contributed by atoms with Gasteiger partial charge in [-0.3, -0.25) is 19.3 Å². The minimum absolute atomic E-state index is 0.0514. The molecule has 234 valence electrons. The second-order valence-corrected chi connectivity index (χ2v) is 12.4. The van der Waals surface area contributed by atoms with Crippen LogP contribution in [0.3, 0.4) is 0 Å². The van der Waals surface area contributed by atoms with Crippen molar-refractivity contribution in [2.75, 3.05) is 50.9 Å². The Kier molecular flexibility index (Phi) is 11.5. The van der Waals surface area contributed by atoms with Crippen molar-refractivity contribution in [1.29, 1.82) is 0 Å². The van der Waals surface area contributed by atoms with Crippen LogP contribution in [-0.4, -0.2) is 79.8 Å². The van der Waals surface area contributed by atoms with E-state index in [9.17, 15) is 18.8 Å². The van der Waals surface area contributed by atoms with Crippen LogP contribution in [0.5, 0.6) is 5.75 Å². The molecule has 2 unspecified atom stereocenters. The molecule has 0 aromatic heterocycles. The Morgan fingerprint density at radius 2 is 1.84 bits per heavy atom. The zero-order chi connectivity index (χ0) is 30.8. The van der Waals surface area contributed by atoms with E-state index in [2.05, 4.69) is 10.2 Å². The number of rotatable bonds is 13. The molecule has 1 heterocycles. The zero-order valence-electron chi connectivity index (χ0n) is 25.2. The number of aliphatic carboxylic acids is 1. The van der Waals surface area contributed by atoms with Crippen LogP contribution in [-0.2, 0) is 14.3 Å². The molecule has 1 saturated heterocycles. The number of benzene rings is 2. The van der Waals surface area contributed by atoms with Crippen molar-refractivity contribution in [3.63, 3.8) is 0 Å². The van der Waals surface area contributed by atoms with Gasteiger partial charge in [-0.25, -0.2) is 4.39 Å². The second kappa shape index (κ2) is 15.3. The largest absolute Gasteiger partial charge is 0.492 e. The number of halogens is 1. The molecule has 2 aromatic rings. The smallest absolute Gasteiger partial charge is 0.303 e. The molecule has 0 bridgehead atoms. The predicted octanol–water partition coefficient (Wildman–Crippen LogP) is 4.75. The van der Waals surface area contributed by atoms with Gasteiger partial charge in [-0.05, 0) is 67.0 Å². The Morgan fingerprint density at radius 3 is 2.56 bits per heavy atom. The summed E-state index contributed by atoms with van der Waals surface area (Å²) in [5, 5.41) is 12.3. The first-order chi connectivity index (χ1) is 20.6. The lowest BCUT2D eigenvalue weighted by Gasteiger charge is -2.34. The van der Waals surface area contributed by atoms with E-state index < -0.39 is 17.2 Å². The number of ether oxygens (including phenoxy) is 2. The number of nitrogens with zero attached hydrogens (tertiary/aromatic N) is 2. The lowest BCUT2D eigenvalue weighted by atomic mass is 9.83. The fraction of sp³-hybridized carbons (Fsp3) is 0.545. The number of hydrogen-bond acceptors (Lipinski definition) is 6. The van der Waals surface area contributed by atoms with Crippen molar-refractivity contribution >= 4 is 23.5 Å². The molecule has 2 fully saturated rings. The van der Waals surface area contributed by atoms with Gasteiger partial charge in [0.1, 0.15) is 18.2 Å². The van der Waals surface area contributed by atoms with E-state index in [0.717, 1.165) is 52.1 Å². The molecule has 0 radical (unpaired) electrons. The zero-order valence-corrected chi connectivity index (χ0v) is 25.2. The van der Waals surface area contributed by atoms with Crippen molar-refractivity contribution in [2.45, 2.75) is 58.4 Å². The van der Waals surface area contributed by atoms with E-state index in [4.69, 9.17) is 14.6 Å². The molecule has 9 nitrogen and oxygen atoms in total. The van der Waals surface area contributed by atoms with Gasteiger partial charge in [-0.15, -0.1) is 0 Å². The summed E-state index contributed by atoms with van der Waals surface area (Å²) in [7, 11) is 0. The number of morpholine rings is 1. The number of carboxylic acid groups (broad SMARTS) is 1. The molecule has 2 aliphatic rings. The number of carbonyl (C=O) groups is 3. The molecule has 4 rings (SSSR count). The molecular weight excluding hydrogens is 553 g/mol. The van der Waals surface area contributed by atoms with Crippen LogP contribution < -0.4 is 15.0 Å². The van der Waals surface area contributed by atoms with E-state index in [1.165, 1.54) is 24.3 Å². The average molecular weight is 598 g/mol. The van der Waals surface area contributed by atoms with Gasteiger partial charge in [0.25, 0.3) is 5.91 Å². The molecule has 2 N–H and O–H groups in total. The van der Waals surface area contributed by atoms with E-state index in [-0.39, 0.29) is 36.6 Å². The minimum Gasteiger partial charge on any atom is -0.492 e. The normalized spacial score (nSPS) is 19.4. The van der Waals surface area contributed by atoms with Gasteiger partial charge in [0.15, 0.2) is 0 Å². The number of anilines is 1. The van der Waals surface area contributed by atoms with Crippen LogP contribution in [0.1, 0.15) is 62.7 Å². The molecule has 0 spiro atoms. The number of hydrogen-bond donors (Lipinski definition) is 2. The standard InChI is InChI=1S/C33H44FN3O6/c1-33(2,22-31(39)40)21-30(38)35-27-6-3-5-24(19-27)23-37(32(41)25-9-11-26(34)12-10-25)28-7-4-8-29(20-28)43-18-15-36-13-16-42-17-14-36/h4,7-12,20,24,27H,3,5-6,13-19,21-23H2,1-2H3,(H,35,38)(H,39,40). The Morgan fingerprint density at radius 1 is 1.09 bits per heavy atom. The SMILES string of the molecule is CC(C)(CC(=O)O)CC(=O)NC1CCCC(CN(C(=O)c2ccc(F)cc2)c2cccc(OCCN3CCOCC3)c2)C1. The first-order valence-electron chi connectivity index (χ1n) is 15.2. The van der Waals surface area contributed by atoms with Crippen molar-refractivity contribution in [3.8, 4) is 5.75 Å². The van der Waals surface area contributed by atoms with E-state index in [1.807, 2.05) is 24.3 Å². The number of amides is 2. The Labute approximate surface area is 253 Å². The third-order valence-electron chi connectivity index (χ3n) is 8.10. The maximum atomic E-state index is 13.8. The Hall–Kier alpha value is -3.50. The number of nitrogens with one attached hydrogen (secondary N) is 1. The van der Waals surface area contributed by atoms with Crippen LogP contribution in [0.2, 0.25) is 0 Å². The van der Waals surface area contributed by atoms with Gasteiger partial charge in [-0.2, -0.15) is 0 Å². The predicted molar refractivity (Wildman–Crippen MR) is 162 cm³/mol. The summed E-state index contributed by atoms with van der Waals surface area (Å²) in [5.41, 5.74) is 0.443. The summed E-state index contributed by atoms with van der Waals surface area (Å²) in [4.78, 5) is 41.8. The summed E-state index contributed by atoms with van der Waals surface area (Å²) in [6, 6.07) is 13.0. The summed E-state index contributed by atoms with van der Waals surface area (Å²) >= 11 is 0. The first-order valence-corrected chi connectivity index (χ1v) is 15.2. The molecular formula is C33H44FN3O6. The van der Waals surface area contributed by atoms with Crippen LogP contribution in [0, 0.1) is 17.2 Å². The fourth-order valence-corrected chi connectivity index (χ4v) is 5.94. The quantitative estimate of drug-likeness (QED) is 0.343. The highest BCUT2D eigenvalue weighted by Gasteiger charge is 2.30. The minimum atomic E-state index is -0.923. The van der Waals surface area contributed by atoms with E-state index in [0.29, 0.717) is 36.6 Å². The molecule has 1 saturated carbocycles. The third-order valence-corrected chi connectivity index (χ3v) is 8.10. The molecule has 2 aromatic carbocycles. The van der Waals surface area contributed by atoms with Crippen LogP contribution in [0.25, 0.3) is 0 Å². The average Bonchev–Trinajstić information content (AvgIpc) is 2.96. The highest BCUT2D eigenvalue weighted by Crippen LogP contribution is 2.31. The highest BCUT2D eigenvalue weighted by atomic mass is 19.1. The van der Waals surface area contributed by atoms with Crippen LogP contribution >= 0.6 is 0 Å². The first kappa shape index (κ1) is 32.4. The van der Waals surface area contributed by atoms with Gasteiger partial charge in [0, 0.05) is 56.0 Å². The van der Waals surface area contributed by atoms with E-state index in [1.54, 1.807) is 18.7 Å². The van der Waals surface area contributed by atoms with Crippen molar-refractivity contribution < 1.29 is 33.4 Å². The van der Waals surface area contributed by atoms with E-state index >= 15 is 0 Å². The lowest BCUT2D eigenvalue weighted by molar-refractivity contribution is -0.139. The lowest BCUT2D eigenvalue weighted by Crippen LogP contribution is -2.43. The monoisotopic (exact) mass is 597 g/mol. The maximum Gasteiger partial charge on any atom is 0.303 e. The van der Waals surface area contributed by atoms with Crippen molar-refractivity contribution in [1.82, 2.24) is 10.2 Å². The van der Waals surface area contributed by atoms with Crippen LogP contribution in [0.15, 0.2) is 48.5 Å². The van der Waals surface area contributed by atoms with Crippen LogP contribution in [0.4, 0.5) is 10.1 Å². The summed E-state index contributed by atoms with van der Waals surface area (Å²) in [5.74, 6) is -0.920. The molecule has 1 aliphatic heterocycles. The molecule has 10 heteroatoms. The number of carbonyl (C=O) groups excluding carboxylic acids is 2. The molecule has 43 heavy (non-hydrogen) atoms. The third kappa shape index (κ3) is 10.3. The molecule has 1 aliphatic carbocycles. The van der Waals surface area contributed by atoms with Gasteiger partial charge < -0.3 is 24.8 Å². The molecule has 2 amide bonds. The summed E-state index contributed by atoms with van der Waals surface area (Å²) < 4.78 is 25.1. The van der Waals surface area contributed by atoms with Gasteiger partial charge >= 0.3 is 5.97 Å². The van der Waals surface area contributed by atoms with Gasteiger partial charge in [0.2, 0.25) is 5.91 Å². The highest BCUT2D eigenvalue weighted by molar-refractivity contribution is 6.06. The van der Waals surface area contributed by atoms with Gasteiger partial charge in [0.05, 0.1) is 19.6 Å². The fourth-order valence-electron chi connectivity index (χ4n) is 5.94. The molecule has 2 atom stereocenters.